The highest BCUT2D eigenvalue weighted by Crippen LogP contribution is 2.37. The number of rotatable bonds is 4. The largest absolute Gasteiger partial charge is 0.359 e. The van der Waals surface area contributed by atoms with E-state index in [0.29, 0.717) is 17.5 Å². The number of nitrogens with zero attached hydrogens (tertiary/aromatic N) is 4. The van der Waals surface area contributed by atoms with Crippen LogP contribution >= 0.6 is 0 Å². The van der Waals surface area contributed by atoms with E-state index in [-0.39, 0.29) is 12.0 Å². The molecular formula is C23H18FN5O. The molecule has 1 aliphatic rings. The number of aliphatic imine (C=N–C) groups is 1. The lowest BCUT2D eigenvalue weighted by molar-refractivity contribution is 0.260. The van der Waals surface area contributed by atoms with Crippen LogP contribution in [0.5, 0.6) is 0 Å². The van der Waals surface area contributed by atoms with Crippen molar-refractivity contribution in [2.75, 3.05) is 5.06 Å². The molecule has 2 aromatic carbocycles. The Balaban J connectivity index is 1.62. The molecule has 0 bridgehead atoms. The van der Waals surface area contributed by atoms with Crippen molar-refractivity contribution in [1.82, 2.24) is 15.0 Å². The minimum Gasteiger partial charge on any atom is -0.359 e. The van der Waals surface area contributed by atoms with E-state index in [1.54, 1.807) is 29.6 Å². The van der Waals surface area contributed by atoms with Gasteiger partial charge in [0.25, 0.3) is 0 Å². The first-order valence-electron chi connectivity index (χ1n) is 9.52. The molecule has 1 N–H and O–H groups in total. The molecule has 1 atom stereocenters. The van der Waals surface area contributed by atoms with Gasteiger partial charge in [-0.05, 0) is 42.0 Å². The second kappa shape index (κ2) is 7.44. The molecule has 30 heavy (non-hydrogen) atoms. The number of imidazole rings is 1. The van der Waals surface area contributed by atoms with Gasteiger partial charge in [0.15, 0.2) is 6.17 Å². The van der Waals surface area contributed by atoms with Crippen molar-refractivity contribution < 1.29 is 9.23 Å². The molecule has 0 aliphatic carbocycles. The fourth-order valence-corrected chi connectivity index (χ4v) is 3.44. The Kier molecular flexibility index (Phi) is 4.48. The normalized spacial score (nSPS) is 15.7. The van der Waals surface area contributed by atoms with Crippen LogP contribution in [0.3, 0.4) is 0 Å². The van der Waals surface area contributed by atoms with Gasteiger partial charge in [0.1, 0.15) is 5.82 Å². The molecule has 0 saturated carbocycles. The Hall–Kier alpha value is -4.00. The number of halogens is 1. The van der Waals surface area contributed by atoms with E-state index in [2.05, 4.69) is 15.0 Å². The van der Waals surface area contributed by atoms with Gasteiger partial charge in [-0.15, -0.1) is 5.06 Å². The van der Waals surface area contributed by atoms with E-state index in [0.717, 1.165) is 22.4 Å². The van der Waals surface area contributed by atoms with Crippen molar-refractivity contribution in [1.29, 1.82) is 0 Å². The van der Waals surface area contributed by atoms with E-state index in [9.17, 15) is 4.39 Å². The number of anilines is 1. The molecule has 1 aliphatic heterocycles. The summed E-state index contributed by atoms with van der Waals surface area (Å²) in [6.45, 7) is 1.81. The van der Waals surface area contributed by atoms with Gasteiger partial charge >= 0.3 is 0 Å². The fraction of sp³-hybridized carbons (Fsp3) is 0.0870. The van der Waals surface area contributed by atoms with Crippen LogP contribution < -0.4 is 5.06 Å². The number of aromatic amines is 1. The highest BCUT2D eigenvalue weighted by molar-refractivity contribution is 5.81. The van der Waals surface area contributed by atoms with Crippen LogP contribution in [-0.2, 0) is 4.84 Å². The molecular weight excluding hydrogens is 381 g/mol. The number of benzene rings is 2. The van der Waals surface area contributed by atoms with Crippen LogP contribution in [0.2, 0.25) is 0 Å². The third-order valence-electron chi connectivity index (χ3n) is 4.84. The Morgan fingerprint density at radius 2 is 1.67 bits per heavy atom. The van der Waals surface area contributed by atoms with Gasteiger partial charge in [-0.3, -0.25) is 4.98 Å². The lowest BCUT2D eigenvalue weighted by Gasteiger charge is -2.20. The van der Waals surface area contributed by atoms with E-state index in [1.165, 1.54) is 12.1 Å². The van der Waals surface area contributed by atoms with Crippen LogP contribution in [0.15, 0.2) is 84.1 Å². The summed E-state index contributed by atoms with van der Waals surface area (Å²) in [6, 6.07) is 19.9. The first kappa shape index (κ1) is 18.1. The number of pyridine rings is 1. The van der Waals surface area contributed by atoms with Crippen LogP contribution in [0.1, 0.15) is 18.7 Å². The van der Waals surface area contributed by atoms with E-state index in [1.807, 2.05) is 49.4 Å². The number of nitrogens with one attached hydrogen (secondary N) is 1. The molecule has 0 radical (unpaired) electrons. The van der Waals surface area contributed by atoms with Crippen molar-refractivity contribution in [2.24, 2.45) is 4.99 Å². The quantitative estimate of drug-likeness (QED) is 0.516. The van der Waals surface area contributed by atoms with E-state index in [4.69, 9.17) is 9.82 Å². The monoisotopic (exact) mass is 399 g/mol. The Morgan fingerprint density at radius 1 is 0.933 bits per heavy atom. The van der Waals surface area contributed by atoms with Crippen molar-refractivity contribution >= 4 is 11.8 Å². The highest BCUT2D eigenvalue weighted by Gasteiger charge is 2.32. The second-order valence-electron chi connectivity index (χ2n) is 6.88. The molecule has 0 saturated heterocycles. The maximum atomic E-state index is 13.5. The Morgan fingerprint density at radius 3 is 2.40 bits per heavy atom. The summed E-state index contributed by atoms with van der Waals surface area (Å²) >= 11 is 0. The predicted octanol–water partition coefficient (Wildman–Crippen LogP) is 5.15. The third-order valence-corrected chi connectivity index (χ3v) is 4.84. The summed E-state index contributed by atoms with van der Waals surface area (Å²) in [4.78, 5) is 22.8. The van der Waals surface area contributed by atoms with Gasteiger partial charge in [-0.2, -0.15) is 0 Å². The van der Waals surface area contributed by atoms with Crippen molar-refractivity contribution in [3.05, 3.63) is 90.5 Å². The predicted molar refractivity (Wildman–Crippen MR) is 113 cm³/mol. The highest BCUT2D eigenvalue weighted by atomic mass is 19.1. The molecule has 3 heterocycles. The van der Waals surface area contributed by atoms with Gasteiger partial charge in [-0.1, -0.05) is 30.3 Å². The van der Waals surface area contributed by atoms with E-state index < -0.39 is 0 Å². The Labute approximate surface area is 172 Å². The van der Waals surface area contributed by atoms with Gasteiger partial charge in [0, 0.05) is 30.4 Å². The van der Waals surface area contributed by atoms with Crippen LogP contribution in [0.25, 0.3) is 22.5 Å². The van der Waals surface area contributed by atoms with Gasteiger partial charge in [0.05, 0.1) is 11.4 Å². The minimum absolute atomic E-state index is 0.295. The van der Waals surface area contributed by atoms with E-state index >= 15 is 0 Å². The average Bonchev–Trinajstić information content (AvgIpc) is 3.39. The van der Waals surface area contributed by atoms with Crippen LogP contribution in [0.4, 0.5) is 10.3 Å². The first-order chi connectivity index (χ1) is 14.7. The molecule has 2 aromatic heterocycles. The molecule has 0 fully saturated rings. The van der Waals surface area contributed by atoms with Gasteiger partial charge < -0.3 is 9.82 Å². The molecule has 6 nitrogen and oxygen atoms in total. The fourth-order valence-electron chi connectivity index (χ4n) is 3.44. The second-order valence-corrected chi connectivity index (χ2v) is 6.88. The van der Waals surface area contributed by atoms with Crippen molar-refractivity contribution in [3.8, 4) is 22.5 Å². The standard InChI is InChI=1S/C23H18FN5O/c1-15-26-22(18-5-3-2-4-6-18)29(30-15)23-27-20(16-7-9-19(24)10-8-16)21(28-23)17-11-13-25-14-12-17/h2-14,22H,1H3,(H,27,28). The lowest BCUT2D eigenvalue weighted by atomic mass is 10.1. The molecule has 5 rings (SSSR count). The zero-order chi connectivity index (χ0) is 20.5. The summed E-state index contributed by atoms with van der Waals surface area (Å²) in [7, 11) is 0. The molecule has 0 amide bonds. The lowest BCUT2D eigenvalue weighted by Crippen LogP contribution is -2.24. The number of hydroxylamine groups is 1. The summed E-state index contributed by atoms with van der Waals surface area (Å²) in [5, 5.41) is 1.66. The number of H-pyrrole nitrogens is 1. The van der Waals surface area contributed by atoms with Crippen molar-refractivity contribution in [2.45, 2.75) is 13.1 Å². The zero-order valence-corrected chi connectivity index (χ0v) is 16.2. The Bertz CT molecular complexity index is 1190. The average molecular weight is 399 g/mol. The maximum absolute atomic E-state index is 13.5. The molecule has 148 valence electrons. The zero-order valence-electron chi connectivity index (χ0n) is 16.2. The molecule has 1 unspecified atom stereocenters. The number of hydrogen-bond donors (Lipinski definition) is 1. The summed E-state index contributed by atoms with van der Waals surface area (Å²) in [5.41, 5.74) is 4.17. The molecule has 0 spiro atoms. The molecule has 4 aromatic rings. The first-order valence-corrected chi connectivity index (χ1v) is 9.52. The van der Waals surface area contributed by atoms with Gasteiger partial charge in [0.2, 0.25) is 11.8 Å². The smallest absolute Gasteiger partial charge is 0.240 e. The van der Waals surface area contributed by atoms with Crippen LogP contribution in [0, 0.1) is 5.82 Å². The summed E-state index contributed by atoms with van der Waals surface area (Å²) in [5.74, 6) is 0.764. The summed E-state index contributed by atoms with van der Waals surface area (Å²) < 4.78 is 13.5. The number of hydrogen-bond acceptors (Lipinski definition) is 5. The third kappa shape index (κ3) is 3.30. The number of aromatic nitrogens is 3. The van der Waals surface area contributed by atoms with Gasteiger partial charge in [-0.25, -0.2) is 14.4 Å². The molecule has 7 heteroatoms. The maximum Gasteiger partial charge on any atom is 0.240 e. The summed E-state index contributed by atoms with van der Waals surface area (Å²) in [6.07, 6.45) is 3.08. The van der Waals surface area contributed by atoms with Crippen LogP contribution in [-0.4, -0.2) is 20.8 Å². The minimum atomic E-state index is -0.358. The SMILES string of the molecule is CC1=NC(c2ccccc2)N(c2nc(-c3ccc(F)cc3)c(-c3ccncc3)[nH]2)O1. The van der Waals surface area contributed by atoms with Crippen molar-refractivity contribution in [3.63, 3.8) is 0 Å². The topological polar surface area (TPSA) is 66.4 Å².